The van der Waals surface area contributed by atoms with Crippen LogP contribution in [-0.2, 0) is 11.3 Å². The third kappa shape index (κ3) is 4.71. The number of urea groups is 1. The summed E-state index contributed by atoms with van der Waals surface area (Å²) in [6.07, 6.45) is 1.46. The lowest BCUT2D eigenvalue weighted by Gasteiger charge is -2.32. The fraction of sp³-hybridized carbons (Fsp3) is 0.474. The SMILES string of the molecule is Cc1ccc(CNC(=O)N2CCOC(c3ccnc(N(C)C)n3)C2)nc1C. The number of carbonyl (C=O) groups excluding carboxylic acids is 1. The third-order valence-corrected chi connectivity index (χ3v) is 4.58. The summed E-state index contributed by atoms with van der Waals surface area (Å²) in [6, 6.07) is 5.67. The van der Waals surface area contributed by atoms with Crippen LogP contribution in [0.1, 0.15) is 28.7 Å². The maximum absolute atomic E-state index is 12.6. The van der Waals surface area contributed by atoms with Gasteiger partial charge in [-0.05, 0) is 31.5 Å². The summed E-state index contributed by atoms with van der Waals surface area (Å²) in [5.41, 5.74) is 3.75. The molecular weight excluding hydrogens is 344 g/mol. The first-order valence-electron chi connectivity index (χ1n) is 9.02. The van der Waals surface area contributed by atoms with Crippen molar-refractivity contribution in [2.45, 2.75) is 26.5 Å². The minimum atomic E-state index is -0.258. The molecule has 3 rings (SSSR count). The Kier molecular flexibility index (Phi) is 5.85. The van der Waals surface area contributed by atoms with Gasteiger partial charge in [0.2, 0.25) is 5.95 Å². The van der Waals surface area contributed by atoms with E-state index in [1.807, 2.05) is 51.0 Å². The molecule has 1 aliphatic rings. The number of aryl methyl sites for hydroxylation is 2. The first-order valence-corrected chi connectivity index (χ1v) is 9.02. The molecule has 2 amide bonds. The Bertz CT molecular complexity index is 811. The lowest BCUT2D eigenvalue weighted by atomic mass is 10.2. The van der Waals surface area contributed by atoms with Crippen molar-refractivity contribution in [2.75, 3.05) is 38.7 Å². The highest BCUT2D eigenvalue weighted by Crippen LogP contribution is 2.21. The number of amides is 2. The molecule has 0 radical (unpaired) electrons. The second kappa shape index (κ2) is 8.30. The third-order valence-electron chi connectivity index (χ3n) is 4.58. The van der Waals surface area contributed by atoms with E-state index in [4.69, 9.17) is 4.74 Å². The van der Waals surface area contributed by atoms with Gasteiger partial charge in [0.05, 0.1) is 31.1 Å². The Morgan fingerprint density at radius 1 is 1.30 bits per heavy atom. The summed E-state index contributed by atoms with van der Waals surface area (Å²) < 4.78 is 5.83. The molecule has 1 N–H and O–H groups in total. The molecule has 8 nitrogen and oxygen atoms in total. The topological polar surface area (TPSA) is 83.5 Å². The van der Waals surface area contributed by atoms with Gasteiger partial charge in [-0.2, -0.15) is 0 Å². The van der Waals surface area contributed by atoms with E-state index in [9.17, 15) is 4.79 Å². The van der Waals surface area contributed by atoms with Gasteiger partial charge in [0, 0.05) is 32.5 Å². The minimum Gasteiger partial charge on any atom is -0.368 e. The average molecular weight is 370 g/mol. The minimum absolute atomic E-state index is 0.120. The Morgan fingerprint density at radius 2 is 2.11 bits per heavy atom. The van der Waals surface area contributed by atoms with Crippen LogP contribution in [0.15, 0.2) is 24.4 Å². The number of ether oxygens (including phenoxy) is 1. The van der Waals surface area contributed by atoms with E-state index >= 15 is 0 Å². The fourth-order valence-corrected chi connectivity index (χ4v) is 2.83. The van der Waals surface area contributed by atoms with Crippen LogP contribution in [-0.4, -0.2) is 59.7 Å². The molecule has 0 spiro atoms. The molecule has 27 heavy (non-hydrogen) atoms. The Labute approximate surface area is 159 Å². The maximum atomic E-state index is 12.6. The summed E-state index contributed by atoms with van der Waals surface area (Å²) in [6.45, 7) is 5.87. The molecule has 1 unspecified atom stereocenters. The van der Waals surface area contributed by atoms with E-state index in [-0.39, 0.29) is 12.1 Å². The molecular formula is C19H26N6O2. The van der Waals surface area contributed by atoms with E-state index in [0.717, 1.165) is 22.6 Å². The summed E-state index contributed by atoms with van der Waals surface area (Å²) in [5.74, 6) is 0.624. The van der Waals surface area contributed by atoms with Gasteiger partial charge in [0.15, 0.2) is 0 Å². The first-order chi connectivity index (χ1) is 12.9. The number of carbonyl (C=O) groups is 1. The van der Waals surface area contributed by atoms with Crippen molar-refractivity contribution in [3.05, 3.63) is 47.0 Å². The number of anilines is 1. The zero-order chi connectivity index (χ0) is 19.4. The molecule has 2 aromatic rings. The molecule has 0 aromatic carbocycles. The molecule has 0 saturated carbocycles. The normalized spacial score (nSPS) is 16.9. The predicted octanol–water partition coefficient (Wildman–Crippen LogP) is 1.84. The molecule has 144 valence electrons. The lowest BCUT2D eigenvalue weighted by molar-refractivity contribution is -0.0176. The maximum Gasteiger partial charge on any atom is 0.317 e. The molecule has 0 bridgehead atoms. The smallest absolute Gasteiger partial charge is 0.317 e. The van der Waals surface area contributed by atoms with Crippen molar-refractivity contribution in [3.63, 3.8) is 0 Å². The molecule has 1 atom stereocenters. The van der Waals surface area contributed by atoms with Crippen molar-refractivity contribution in [3.8, 4) is 0 Å². The van der Waals surface area contributed by atoms with E-state index in [0.29, 0.717) is 32.2 Å². The molecule has 1 saturated heterocycles. The number of hydrogen-bond donors (Lipinski definition) is 1. The van der Waals surface area contributed by atoms with Crippen molar-refractivity contribution < 1.29 is 9.53 Å². The van der Waals surface area contributed by atoms with Crippen molar-refractivity contribution in [2.24, 2.45) is 0 Å². The molecule has 0 aliphatic carbocycles. The van der Waals surface area contributed by atoms with Gasteiger partial charge < -0.3 is 19.9 Å². The number of rotatable bonds is 4. The van der Waals surface area contributed by atoms with E-state index in [2.05, 4.69) is 20.3 Å². The van der Waals surface area contributed by atoms with Gasteiger partial charge >= 0.3 is 6.03 Å². The Morgan fingerprint density at radius 3 is 2.85 bits per heavy atom. The van der Waals surface area contributed by atoms with Gasteiger partial charge in [0.1, 0.15) is 6.10 Å². The monoisotopic (exact) mass is 370 g/mol. The lowest BCUT2D eigenvalue weighted by Crippen LogP contribution is -2.47. The molecule has 8 heteroatoms. The van der Waals surface area contributed by atoms with Crippen LogP contribution in [0, 0.1) is 13.8 Å². The number of pyridine rings is 1. The first kappa shape index (κ1) is 19.0. The van der Waals surface area contributed by atoms with Crippen LogP contribution in [0.2, 0.25) is 0 Å². The van der Waals surface area contributed by atoms with E-state index in [1.54, 1.807) is 11.1 Å². The highest BCUT2D eigenvalue weighted by atomic mass is 16.5. The van der Waals surface area contributed by atoms with E-state index in [1.165, 1.54) is 0 Å². The highest BCUT2D eigenvalue weighted by molar-refractivity contribution is 5.74. The van der Waals surface area contributed by atoms with Gasteiger partial charge in [-0.25, -0.2) is 14.8 Å². The van der Waals surface area contributed by atoms with Crippen LogP contribution < -0.4 is 10.2 Å². The molecule has 1 aliphatic heterocycles. The standard InChI is InChI=1S/C19H26N6O2/c1-13-5-6-15(22-14(13)2)11-21-19(26)25-9-10-27-17(12-25)16-7-8-20-18(23-16)24(3)4/h5-8,17H,9-12H2,1-4H3,(H,21,26). The largest absolute Gasteiger partial charge is 0.368 e. The second-order valence-corrected chi connectivity index (χ2v) is 6.84. The fourth-order valence-electron chi connectivity index (χ4n) is 2.83. The highest BCUT2D eigenvalue weighted by Gasteiger charge is 2.26. The number of nitrogens with zero attached hydrogens (tertiary/aromatic N) is 5. The Hall–Kier alpha value is -2.74. The van der Waals surface area contributed by atoms with Gasteiger partial charge in [-0.3, -0.25) is 4.98 Å². The molecule has 1 fully saturated rings. The number of nitrogens with one attached hydrogen (secondary N) is 1. The van der Waals surface area contributed by atoms with Crippen molar-refractivity contribution in [1.82, 2.24) is 25.2 Å². The summed E-state index contributed by atoms with van der Waals surface area (Å²) in [7, 11) is 3.78. The zero-order valence-electron chi connectivity index (χ0n) is 16.3. The Balaban J connectivity index is 1.60. The van der Waals surface area contributed by atoms with E-state index < -0.39 is 0 Å². The van der Waals surface area contributed by atoms with Crippen LogP contribution in [0.3, 0.4) is 0 Å². The van der Waals surface area contributed by atoms with Crippen LogP contribution in [0.25, 0.3) is 0 Å². The summed E-state index contributed by atoms with van der Waals surface area (Å²) in [4.78, 5) is 29.4. The van der Waals surface area contributed by atoms with Gasteiger partial charge in [-0.15, -0.1) is 0 Å². The number of morpholine rings is 1. The molecule has 2 aromatic heterocycles. The zero-order valence-corrected chi connectivity index (χ0v) is 16.3. The number of hydrogen-bond acceptors (Lipinski definition) is 6. The van der Waals surface area contributed by atoms with Crippen molar-refractivity contribution in [1.29, 1.82) is 0 Å². The second-order valence-electron chi connectivity index (χ2n) is 6.84. The van der Waals surface area contributed by atoms with Crippen molar-refractivity contribution >= 4 is 12.0 Å². The number of aromatic nitrogens is 3. The average Bonchev–Trinajstić information content (AvgIpc) is 2.69. The quantitative estimate of drug-likeness (QED) is 0.884. The summed E-state index contributed by atoms with van der Waals surface area (Å²) >= 11 is 0. The van der Waals surface area contributed by atoms with Crippen LogP contribution in [0.5, 0.6) is 0 Å². The summed E-state index contributed by atoms with van der Waals surface area (Å²) in [5, 5.41) is 2.94. The predicted molar refractivity (Wildman–Crippen MR) is 103 cm³/mol. The van der Waals surface area contributed by atoms with Crippen LogP contribution in [0.4, 0.5) is 10.7 Å². The molecule has 3 heterocycles. The van der Waals surface area contributed by atoms with Gasteiger partial charge in [0.25, 0.3) is 0 Å². The van der Waals surface area contributed by atoms with Gasteiger partial charge in [-0.1, -0.05) is 6.07 Å². The van der Waals surface area contributed by atoms with Crippen LogP contribution >= 0.6 is 0 Å².